The van der Waals surface area contributed by atoms with Crippen molar-refractivity contribution in [1.29, 1.82) is 0 Å². The molecule has 1 fully saturated rings. The van der Waals surface area contributed by atoms with Crippen LogP contribution in [0.2, 0.25) is 0 Å². The van der Waals surface area contributed by atoms with Gasteiger partial charge in [0.1, 0.15) is 0 Å². The number of methoxy groups -OCH3 is 2. The molecule has 1 aliphatic rings. The van der Waals surface area contributed by atoms with Gasteiger partial charge >= 0.3 is 0 Å². The number of ether oxygens (including phenoxy) is 2. The number of carbonyl (C=O) groups is 1. The van der Waals surface area contributed by atoms with Gasteiger partial charge in [-0.2, -0.15) is 0 Å². The first-order chi connectivity index (χ1) is 9.62. The van der Waals surface area contributed by atoms with E-state index >= 15 is 0 Å². The van der Waals surface area contributed by atoms with Gasteiger partial charge in [-0.15, -0.1) is 0 Å². The second kappa shape index (κ2) is 9.35. The highest BCUT2D eigenvalue weighted by Crippen LogP contribution is 2.32. The molecule has 1 atom stereocenters. The lowest BCUT2D eigenvalue weighted by Crippen LogP contribution is -2.45. The number of unbranched alkanes of at least 4 members (excludes halogenated alkanes) is 1. The lowest BCUT2D eigenvalue weighted by Gasteiger charge is -2.30. The molecule has 4 heteroatoms. The number of hydrogen-bond donors (Lipinski definition) is 1. The van der Waals surface area contributed by atoms with Crippen molar-refractivity contribution in [3.63, 3.8) is 0 Å². The van der Waals surface area contributed by atoms with Crippen molar-refractivity contribution in [2.75, 3.05) is 14.2 Å². The Labute approximate surface area is 123 Å². The third kappa shape index (κ3) is 5.41. The van der Waals surface area contributed by atoms with E-state index in [1.54, 1.807) is 14.2 Å². The van der Waals surface area contributed by atoms with Gasteiger partial charge in [0.25, 0.3) is 0 Å². The maximum Gasteiger partial charge on any atom is 0.223 e. The van der Waals surface area contributed by atoms with Gasteiger partial charge < -0.3 is 14.8 Å². The molecule has 1 amide bonds. The van der Waals surface area contributed by atoms with Crippen molar-refractivity contribution in [1.82, 2.24) is 5.32 Å². The highest BCUT2D eigenvalue weighted by Gasteiger charge is 2.28. The third-order valence-corrected chi connectivity index (χ3v) is 4.43. The van der Waals surface area contributed by atoms with Crippen LogP contribution in [-0.2, 0) is 14.3 Å². The smallest absolute Gasteiger partial charge is 0.223 e. The Morgan fingerprint density at radius 1 is 1.20 bits per heavy atom. The Morgan fingerprint density at radius 3 is 2.30 bits per heavy atom. The quantitative estimate of drug-likeness (QED) is 0.697. The Hall–Kier alpha value is -0.610. The molecule has 4 nitrogen and oxygen atoms in total. The average Bonchev–Trinajstić information content (AvgIpc) is 2.46. The first-order valence-corrected chi connectivity index (χ1v) is 7.98. The summed E-state index contributed by atoms with van der Waals surface area (Å²) in [5.74, 6) is 1.16. The van der Waals surface area contributed by atoms with Gasteiger partial charge in [-0.1, -0.05) is 26.2 Å². The van der Waals surface area contributed by atoms with Crippen LogP contribution in [0.1, 0.15) is 58.8 Å². The number of rotatable bonds is 8. The van der Waals surface area contributed by atoms with E-state index in [-0.39, 0.29) is 24.2 Å². The molecule has 0 bridgehead atoms. The van der Waals surface area contributed by atoms with Crippen LogP contribution in [-0.4, -0.2) is 32.5 Å². The summed E-state index contributed by atoms with van der Waals surface area (Å²) in [6.45, 7) is 4.16. The van der Waals surface area contributed by atoms with E-state index in [0.717, 1.165) is 18.8 Å². The maximum absolute atomic E-state index is 12.2. The van der Waals surface area contributed by atoms with Gasteiger partial charge in [-0.25, -0.2) is 0 Å². The largest absolute Gasteiger partial charge is 0.354 e. The van der Waals surface area contributed by atoms with Gasteiger partial charge in [-0.3, -0.25) is 4.79 Å². The van der Waals surface area contributed by atoms with Crippen LogP contribution in [0, 0.1) is 11.8 Å². The minimum Gasteiger partial charge on any atom is -0.354 e. The van der Waals surface area contributed by atoms with Gasteiger partial charge in [-0.05, 0) is 38.5 Å². The lowest BCUT2D eigenvalue weighted by atomic mass is 9.79. The molecule has 1 N–H and O–H groups in total. The fraction of sp³-hybridized carbons (Fsp3) is 0.938. The van der Waals surface area contributed by atoms with Gasteiger partial charge in [0.15, 0.2) is 6.29 Å². The van der Waals surface area contributed by atoms with Crippen LogP contribution in [0.15, 0.2) is 0 Å². The molecule has 1 rings (SSSR count). The monoisotopic (exact) mass is 285 g/mol. The Bertz CT molecular complexity index is 271. The predicted molar refractivity (Wildman–Crippen MR) is 80.4 cm³/mol. The van der Waals surface area contributed by atoms with E-state index in [9.17, 15) is 4.79 Å². The minimum atomic E-state index is -0.375. The summed E-state index contributed by atoms with van der Waals surface area (Å²) >= 11 is 0. The number of carbonyl (C=O) groups excluding carboxylic acids is 1. The second-order valence-corrected chi connectivity index (χ2v) is 6.00. The number of hydrogen-bond acceptors (Lipinski definition) is 3. The van der Waals surface area contributed by atoms with Crippen molar-refractivity contribution in [3.05, 3.63) is 0 Å². The molecule has 20 heavy (non-hydrogen) atoms. The van der Waals surface area contributed by atoms with Gasteiger partial charge in [0.2, 0.25) is 5.91 Å². The fourth-order valence-electron chi connectivity index (χ4n) is 3.12. The normalized spacial score (nSPS) is 24.6. The summed E-state index contributed by atoms with van der Waals surface area (Å²) in [5.41, 5.74) is 0. The van der Waals surface area contributed by atoms with E-state index < -0.39 is 0 Å². The van der Waals surface area contributed by atoms with Crippen molar-refractivity contribution in [3.8, 4) is 0 Å². The zero-order chi connectivity index (χ0) is 15.0. The molecule has 0 heterocycles. The SMILES string of the molecule is CCCCC1CCC(C(=O)NC(C)C(OC)OC)CC1. The van der Waals surface area contributed by atoms with Crippen LogP contribution < -0.4 is 5.32 Å². The first kappa shape index (κ1) is 17.4. The molecule has 1 saturated carbocycles. The summed E-state index contributed by atoms with van der Waals surface area (Å²) in [7, 11) is 3.19. The molecule has 1 aliphatic carbocycles. The van der Waals surface area contributed by atoms with E-state index in [0.29, 0.717) is 0 Å². The van der Waals surface area contributed by atoms with Crippen LogP contribution in [0.4, 0.5) is 0 Å². The number of amides is 1. The molecule has 0 radical (unpaired) electrons. The van der Waals surface area contributed by atoms with E-state index in [4.69, 9.17) is 9.47 Å². The minimum absolute atomic E-state index is 0.115. The summed E-state index contributed by atoms with van der Waals surface area (Å²) in [6, 6.07) is -0.115. The Kier molecular flexibility index (Phi) is 8.15. The van der Waals surface area contributed by atoms with Crippen LogP contribution in [0.25, 0.3) is 0 Å². The van der Waals surface area contributed by atoms with Gasteiger partial charge in [0, 0.05) is 20.1 Å². The van der Waals surface area contributed by atoms with Crippen molar-refractivity contribution < 1.29 is 14.3 Å². The average molecular weight is 285 g/mol. The summed E-state index contributed by atoms with van der Waals surface area (Å²) < 4.78 is 10.3. The highest BCUT2D eigenvalue weighted by atomic mass is 16.7. The van der Waals surface area contributed by atoms with Crippen LogP contribution >= 0.6 is 0 Å². The Balaban J connectivity index is 2.31. The zero-order valence-electron chi connectivity index (χ0n) is 13.5. The topological polar surface area (TPSA) is 47.6 Å². The van der Waals surface area contributed by atoms with Crippen molar-refractivity contribution in [2.45, 2.75) is 71.1 Å². The molecular formula is C16H31NO3. The molecule has 0 saturated heterocycles. The van der Waals surface area contributed by atoms with Crippen LogP contribution in [0.3, 0.4) is 0 Å². The van der Waals surface area contributed by atoms with Crippen molar-refractivity contribution >= 4 is 5.91 Å². The van der Waals surface area contributed by atoms with Crippen molar-refractivity contribution in [2.24, 2.45) is 11.8 Å². The maximum atomic E-state index is 12.2. The summed E-state index contributed by atoms with van der Waals surface area (Å²) in [5, 5.41) is 3.02. The molecule has 0 aromatic heterocycles. The lowest BCUT2D eigenvalue weighted by molar-refractivity contribution is -0.139. The second-order valence-electron chi connectivity index (χ2n) is 6.00. The first-order valence-electron chi connectivity index (χ1n) is 7.98. The fourth-order valence-corrected chi connectivity index (χ4v) is 3.12. The standard InChI is InChI=1S/C16H31NO3/c1-5-6-7-13-8-10-14(11-9-13)15(18)17-12(2)16(19-3)20-4/h12-14,16H,5-11H2,1-4H3,(H,17,18). The highest BCUT2D eigenvalue weighted by molar-refractivity contribution is 5.79. The molecule has 118 valence electrons. The van der Waals surface area contributed by atoms with E-state index in [2.05, 4.69) is 12.2 Å². The molecule has 0 aliphatic heterocycles. The Morgan fingerprint density at radius 2 is 1.80 bits per heavy atom. The zero-order valence-corrected chi connectivity index (χ0v) is 13.5. The molecule has 1 unspecified atom stereocenters. The molecular weight excluding hydrogens is 254 g/mol. The third-order valence-electron chi connectivity index (χ3n) is 4.43. The van der Waals surface area contributed by atoms with Gasteiger partial charge in [0.05, 0.1) is 6.04 Å². The number of nitrogens with one attached hydrogen (secondary N) is 1. The summed E-state index contributed by atoms with van der Waals surface area (Å²) in [4.78, 5) is 12.2. The predicted octanol–water partition coefficient (Wildman–Crippen LogP) is 3.11. The molecule has 0 aromatic rings. The van der Waals surface area contributed by atoms with Crippen LogP contribution in [0.5, 0.6) is 0 Å². The molecule has 0 aromatic carbocycles. The summed E-state index contributed by atoms with van der Waals surface area (Å²) in [6.07, 6.45) is 8.00. The molecule has 0 spiro atoms. The van der Waals surface area contributed by atoms with E-state index in [1.165, 1.54) is 32.1 Å². The van der Waals surface area contributed by atoms with E-state index in [1.807, 2.05) is 6.92 Å².